The number of aromatic nitrogens is 3. The van der Waals surface area contributed by atoms with E-state index in [9.17, 15) is 4.79 Å². The van der Waals surface area contributed by atoms with E-state index in [1.54, 1.807) is 12.4 Å². The van der Waals surface area contributed by atoms with Gasteiger partial charge in [-0.2, -0.15) is 4.98 Å². The number of aryl methyl sites for hydroxylation is 1. The molecule has 0 saturated heterocycles. The molecule has 132 valence electrons. The molecule has 1 aliphatic rings. The van der Waals surface area contributed by atoms with Crippen molar-refractivity contribution in [2.45, 2.75) is 25.2 Å². The van der Waals surface area contributed by atoms with Gasteiger partial charge in [0.2, 0.25) is 17.6 Å². The molecule has 4 rings (SSSR count). The van der Waals surface area contributed by atoms with Crippen LogP contribution in [-0.4, -0.2) is 27.6 Å². The van der Waals surface area contributed by atoms with Gasteiger partial charge in [-0.15, -0.1) is 0 Å². The first-order valence-electron chi connectivity index (χ1n) is 8.84. The van der Waals surface area contributed by atoms with E-state index in [4.69, 9.17) is 4.52 Å². The fourth-order valence-electron chi connectivity index (χ4n) is 3.11. The van der Waals surface area contributed by atoms with E-state index in [-0.39, 0.29) is 5.91 Å². The van der Waals surface area contributed by atoms with E-state index in [2.05, 4.69) is 44.7 Å². The molecule has 1 N–H and O–H groups in total. The van der Waals surface area contributed by atoms with Gasteiger partial charge in [0.25, 0.3) is 0 Å². The maximum atomic E-state index is 12.1. The zero-order chi connectivity index (χ0) is 17.8. The van der Waals surface area contributed by atoms with Crippen LogP contribution in [-0.2, 0) is 11.2 Å². The third-order valence-corrected chi connectivity index (χ3v) is 4.68. The Hall–Kier alpha value is -3.02. The van der Waals surface area contributed by atoms with Crippen molar-refractivity contribution < 1.29 is 9.32 Å². The molecule has 26 heavy (non-hydrogen) atoms. The number of carbonyl (C=O) groups is 1. The van der Waals surface area contributed by atoms with Gasteiger partial charge in [-0.05, 0) is 36.0 Å². The summed E-state index contributed by atoms with van der Waals surface area (Å²) in [6.07, 6.45) is 5.29. The van der Waals surface area contributed by atoms with Gasteiger partial charge >= 0.3 is 0 Å². The zero-order valence-electron chi connectivity index (χ0n) is 14.3. The number of carbonyl (C=O) groups excluding carboxylic acids is 1. The molecule has 2 atom stereocenters. The minimum absolute atomic E-state index is 0.0207. The monoisotopic (exact) mass is 348 g/mol. The summed E-state index contributed by atoms with van der Waals surface area (Å²) in [5.74, 6) is 2.14. The Bertz CT molecular complexity index is 864. The molecule has 3 aromatic rings. The summed E-state index contributed by atoms with van der Waals surface area (Å²) in [6, 6.07) is 14.1. The van der Waals surface area contributed by atoms with Gasteiger partial charge in [-0.1, -0.05) is 35.5 Å². The number of hydrogen-bond donors (Lipinski definition) is 1. The van der Waals surface area contributed by atoms with E-state index in [0.29, 0.717) is 36.4 Å². The highest BCUT2D eigenvalue weighted by atomic mass is 16.5. The van der Waals surface area contributed by atoms with Crippen LogP contribution in [0.4, 0.5) is 0 Å². The average molecular weight is 348 g/mol. The first-order valence-corrected chi connectivity index (χ1v) is 8.84. The Morgan fingerprint density at radius 1 is 1.15 bits per heavy atom. The molecule has 1 saturated carbocycles. The van der Waals surface area contributed by atoms with Crippen LogP contribution in [0.1, 0.15) is 30.2 Å². The smallest absolute Gasteiger partial charge is 0.227 e. The lowest BCUT2D eigenvalue weighted by molar-refractivity contribution is -0.121. The van der Waals surface area contributed by atoms with Crippen molar-refractivity contribution in [3.8, 4) is 11.4 Å². The summed E-state index contributed by atoms with van der Waals surface area (Å²) in [5, 5.41) is 6.96. The molecule has 1 aromatic carbocycles. The predicted molar refractivity (Wildman–Crippen MR) is 96.1 cm³/mol. The third kappa shape index (κ3) is 3.96. The van der Waals surface area contributed by atoms with Crippen LogP contribution in [0.5, 0.6) is 0 Å². The second-order valence-electron chi connectivity index (χ2n) is 6.56. The molecule has 0 bridgehead atoms. The van der Waals surface area contributed by atoms with E-state index in [0.717, 1.165) is 18.5 Å². The first-order chi connectivity index (χ1) is 12.8. The Morgan fingerprint density at radius 2 is 1.96 bits per heavy atom. The highest BCUT2D eigenvalue weighted by molar-refractivity contribution is 5.76. The van der Waals surface area contributed by atoms with Crippen LogP contribution in [0, 0.1) is 5.92 Å². The molecule has 1 fully saturated rings. The van der Waals surface area contributed by atoms with Crippen molar-refractivity contribution in [2.75, 3.05) is 6.54 Å². The minimum Gasteiger partial charge on any atom is -0.356 e. The van der Waals surface area contributed by atoms with Crippen molar-refractivity contribution in [3.05, 3.63) is 66.3 Å². The summed E-state index contributed by atoms with van der Waals surface area (Å²) in [6.45, 7) is 0.727. The molecule has 0 radical (unpaired) electrons. The lowest BCUT2D eigenvalue weighted by Gasteiger charge is -2.04. The highest BCUT2D eigenvalue weighted by Gasteiger charge is 2.37. The fraction of sp³-hybridized carbons (Fsp3) is 0.300. The van der Waals surface area contributed by atoms with Crippen molar-refractivity contribution in [3.63, 3.8) is 0 Å². The Kier molecular flexibility index (Phi) is 4.73. The molecule has 2 heterocycles. The zero-order valence-corrected chi connectivity index (χ0v) is 14.3. The van der Waals surface area contributed by atoms with Gasteiger partial charge in [0.15, 0.2) is 0 Å². The lowest BCUT2D eigenvalue weighted by atomic mass is 10.1. The summed E-state index contributed by atoms with van der Waals surface area (Å²) < 4.78 is 5.22. The van der Waals surface area contributed by atoms with Crippen molar-refractivity contribution >= 4 is 5.91 Å². The quantitative estimate of drug-likeness (QED) is 0.710. The fourth-order valence-corrected chi connectivity index (χ4v) is 3.11. The summed E-state index contributed by atoms with van der Waals surface area (Å²) >= 11 is 0. The van der Waals surface area contributed by atoms with E-state index in [1.807, 2.05) is 18.2 Å². The number of amides is 1. The third-order valence-electron chi connectivity index (χ3n) is 4.68. The second-order valence-corrected chi connectivity index (χ2v) is 6.56. The molecule has 6 heteroatoms. The molecule has 0 spiro atoms. The average Bonchev–Trinajstić information content (AvgIpc) is 3.33. The summed E-state index contributed by atoms with van der Waals surface area (Å²) in [5.41, 5.74) is 2.21. The van der Waals surface area contributed by atoms with Crippen LogP contribution in [0.15, 0.2) is 59.4 Å². The van der Waals surface area contributed by atoms with Crippen molar-refractivity contribution in [2.24, 2.45) is 5.92 Å². The van der Waals surface area contributed by atoms with E-state index < -0.39 is 0 Å². The Balaban J connectivity index is 1.21. The van der Waals surface area contributed by atoms with Gasteiger partial charge in [0, 0.05) is 37.3 Å². The summed E-state index contributed by atoms with van der Waals surface area (Å²) in [4.78, 5) is 20.3. The normalized spacial score (nSPS) is 18.5. The van der Waals surface area contributed by atoms with Crippen molar-refractivity contribution in [1.29, 1.82) is 0 Å². The minimum atomic E-state index is 0.0207. The van der Waals surface area contributed by atoms with Crippen LogP contribution in [0.25, 0.3) is 11.4 Å². The van der Waals surface area contributed by atoms with Crippen LogP contribution in [0.2, 0.25) is 0 Å². The number of pyridine rings is 1. The predicted octanol–water partition coefficient (Wildman–Crippen LogP) is 2.98. The first kappa shape index (κ1) is 16.4. The molecule has 2 aromatic heterocycles. The number of nitrogens with one attached hydrogen (secondary N) is 1. The molecule has 6 nitrogen and oxygen atoms in total. The van der Waals surface area contributed by atoms with Gasteiger partial charge in [-0.3, -0.25) is 9.78 Å². The number of hydrogen-bond acceptors (Lipinski definition) is 5. The topological polar surface area (TPSA) is 80.9 Å². The second kappa shape index (κ2) is 7.47. The Labute approximate surface area is 151 Å². The molecule has 0 aliphatic heterocycles. The van der Waals surface area contributed by atoms with Gasteiger partial charge in [-0.25, -0.2) is 0 Å². The number of benzene rings is 1. The van der Waals surface area contributed by atoms with Crippen LogP contribution < -0.4 is 5.32 Å². The molecular weight excluding hydrogens is 328 g/mol. The van der Waals surface area contributed by atoms with Gasteiger partial charge in [0.1, 0.15) is 0 Å². The molecule has 1 amide bonds. The summed E-state index contributed by atoms with van der Waals surface area (Å²) in [7, 11) is 0. The van der Waals surface area contributed by atoms with Crippen LogP contribution in [0.3, 0.4) is 0 Å². The molecule has 1 aliphatic carbocycles. The lowest BCUT2D eigenvalue weighted by Crippen LogP contribution is -2.26. The highest BCUT2D eigenvalue weighted by Crippen LogP contribution is 2.46. The van der Waals surface area contributed by atoms with Crippen LogP contribution >= 0.6 is 0 Å². The standard InChI is InChI=1S/C20H20N4O2/c25-18(22-13-16-12-17(16)14-4-2-1-3-5-14)6-7-19-23-20(24-26-19)15-8-10-21-11-9-15/h1-5,8-11,16-17H,6-7,12-13H2,(H,22,25)/t16-,17-/m1/s1. The number of rotatable bonds is 7. The van der Waals surface area contributed by atoms with Gasteiger partial charge in [0.05, 0.1) is 0 Å². The molecule has 0 unspecified atom stereocenters. The maximum absolute atomic E-state index is 12.1. The van der Waals surface area contributed by atoms with E-state index in [1.165, 1.54) is 5.56 Å². The Morgan fingerprint density at radius 3 is 2.77 bits per heavy atom. The SMILES string of the molecule is O=C(CCc1nc(-c2ccncc2)no1)NC[C@H]1C[C@@H]1c1ccccc1. The largest absolute Gasteiger partial charge is 0.356 e. The van der Waals surface area contributed by atoms with Gasteiger partial charge < -0.3 is 9.84 Å². The maximum Gasteiger partial charge on any atom is 0.227 e. The number of nitrogens with zero attached hydrogens (tertiary/aromatic N) is 3. The molecular formula is C20H20N4O2. The van der Waals surface area contributed by atoms with E-state index >= 15 is 0 Å². The van der Waals surface area contributed by atoms with Crippen molar-refractivity contribution in [1.82, 2.24) is 20.4 Å².